The zero-order valence-corrected chi connectivity index (χ0v) is 14.2. The molecule has 0 fully saturated rings. The van der Waals surface area contributed by atoms with Gasteiger partial charge >= 0.3 is 6.18 Å². The SMILES string of the molecule is O=C(Cc1cccc(-c2nn[nH]n2)c1)Nc1ncn2c(C(F)(F)F)csc12. The molecular formula is C15H10F3N7OS. The van der Waals surface area contributed by atoms with Crippen LogP contribution < -0.4 is 5.32 Å². The number of aromatic nitrogens is 6. The highest BCUT2D eigenvalue weighted by Gasteiger charge is 2.35. The summed E-state index contributed by atoms with van der Waals surface area (Å²) in [6.45, 7) is 0. The van der Waals surface area contributed by atoms with Crippen molar-refractivity contribution >= 4 is 27.9 Å². The molecule has 12 heteroatoms. The lowest BCUT2D eigenvalue weighted by Gasteiger charge is -2.04. The fourth-order valence-electron chi connectivity index (χ4n) is 2.55. The number of H-pyrrole nitrogens is 1. The standard InChI is InChI=1S/C15H10F3N7OS/c16-15(17,18)10-6-27-14-13(19-7-25(10)14)20-11(26)5-8-2-1-3-9(4-8)12-21-23-24-22-12/h1-4,6-7H,5H2,(H,20,26)(H,21,22,23,24). The van der Waals surface area contributed by atoms with Crippen molar-refractivity contribution in [1.29, 1.82) is 0 Å². The summed E-state index contributed by atoms with van der Waals surface area (Å²) in [6, 6.07) is 7.01. The number of imidazole rings is 1. The van der Waals surface area contributed by atoms with E-state index in [9.17, 15) is 18.0 Å². The normalized spacial score (nSPS) is 11.8. The van der Waals surface area contributed by atoms with Crippen LogP contribution in [0.2, 0.25) is 0 Å². The Morgan fingerprint density at radius 1 is 1.33 bits per heavy atom. The molecule has 0 saturated carbocycles. The molecule has 0 aliphatic carbocycles. The van der Waals surface area contributed by atoms with Crippen LogP contribution in [0.15, 0.2) is 36.0 Å². The van der Waals surface area contributed by atoms with Gasteiger partial charge in [0.25, 0.3) is 0 Å². The Morgan fingerprint density at radius 2 is 2.19 bits per heavy atom. The molecule has 0 atom stereocenters. The van der Waals surface area contributed by atoms with Crippen molar-refractivity contribution < 1.29 is 18.0 Å². The van der Waals surface area contributed by atoms with Crippen LogP contribution >= 0.6 is 11.3 Å². The van der Waals surface area contributed by atoms with Crippen molar-refractivity contribution in [2.24, 2.45) is 0 Å². The lowest BCUT2D eigenvalue weighted by molar-refractivity contribution is -0.141. The van der Waals surface area contributed by atoms with E-state index < -0.39 is 17.8 Å². The third kappa shape index (κ3) is 3.38. The number of hydrogen-bond donors (Lipinski definition) is 2. The number of carbonyl (C=O) groups excluding carboxylic acids is 1. The average molecular weight is 393 g/mol. The number of fused-ring (bicyclic) bond motifs is 1. The fraction of sp³-hybridized carbons (Fsp3) is 0.133. The smallest absolute Gasteiger partial charge is 0.308 e. The van der Waals surface area contributed by atoms with Crippen LogP contribution in [-0.2, 0) is 17.4 Å². The van der Waals surface area contributed by atoms with E-state index >= 15 is 0 Å². The van der Waals surface area contributed by atoms with E-state index in [4.69, 9.17) is 0 Å². The van der Waals surface area contributed by atoms with Crippen LogP contribution in [0.4, 0.5) is 19.0 Å². The molecule has 0 unspecified atom stereocenters. The number of thiazole rings is 1. The summed E-state index contributed by atoms with van der Waals surface area (Å²) >= 11 is 0.862. The summed E-state index contributed by atoms with van der Waals surface area (Å²) in [6.07, 6.45) is -3.43. The van der Waals surface area contributed by atoms with Gasteiger partial charge in [-0.15, -0.1) is 21.5 Å². The first kappa shape index (κ1) is 17.1. The molecule has 0 bridgehead atoms. The summed E-state index contributed by atoms with van der Waals surface area (Å²) in [7, 11) is 0. The van der Waals surface area contributed by atoms with Gasteiger partial charge in [-0.1, -0.05) is 18.2 Å². The summed E-state index contributed by atoms with van der Waals surface area (Å²) in [4.78, 5) is 16.4. The van der Waals surface area contributed by atoms with Gasteiger partial charge in [0.05, 0.1) is 6.42 Å². The van der Waals surface area contributed by atoms with E-state index in [1.807, 2.05) is 0 Å². The number of hydrogen-bond acceptors (Lipinski definition) is 6. The number of amides is 1. The van der Waals surface area contributed by atoms with Crippen molar-refractivity contribution in [2.45, 2.75) is 12.6 Å². The van der Waals surface area contributed by atoms with E-state index in [0.29, 0.717) is 17.0 Å². The molecule has 2 N–H and O–H groups in total. The molecule has 1 aromatic carbocycles. The highest BCUT2D eigenvalue weighted by atomic mass is 32.1. The van der Waals surface area contributed by atoms with E-state index in [1.54, 1.807) is 24.3 Å². The van der Waals surface area contributed by atoms with Crippen LogP contribution in [0.3, 0.4) is 0 Å². The molecule has 4 aromatic rings. The van der Waals surface area contributed by atoms with Gasteiger partial charge in [-0.3, -0.25) is 9.20 Å². The van der Waals surface area contributed by atoms with E-state index in [-0.39, 0.29) is 17.1 Å². The molecular weight excluding hydrogens is 383 g/mol. The molecule has 3 heterocycles. The number of rotatable bonds is 4. The Hall–Kier alpha value is -3.28. The molecule has 3 aromatic heterocycles. The molecule has 0 aliphatic heterocycles. The van der Waals surface area contributed by atoms with Gasteiger partial charge in [0.15, 0.2) is 5.82 Å². The molecule has 1 amide bonds. The Morgan fingerprint density at radius 3 is 2.93 bits per heavy atom. The second kappa shape index (κ2) is 6.46. The molecule has 0 radical (unpaired) electrons. The Balaban J connectivity index is 1.51. The van der Waals surface area contributed by atoms with Crippen LogP contribution in [0, 0.1) is 0 Å². The molecule has 27 heavy (non-hydrogen) atoms. The summed E-state index contributed by atoms with van der Waals surface area (Å²) < 4.78 is 39.7. The molecule has 0 saturated heterocycles. The third-order valence-electron chi connectivity index (χ3n) is 3.71. The van der Waals surface area contributed by atoms with Crippen LogP contribution in [-0.4, -0.2) is 35.9 Å². The first-order valence-electron chi connectivity index (χ1n) is 7.56. The maximum atomic E-state index is 12.9. The molecule has 4 rings (SSSR count). The summed E-state index contributed by atoms with van der Waals surface area (Å²) in [5, 5.41) is 17.1. The Kier molecular flexibility index (Phi) is 4.11. The number of aromatic amines is 1. The minimum Gasteiger partial charge on any atom is -0.308 e. The van der Waals surface area contributed by atoms with Gasteiger partial charge < -0.3 is 5.32 Å². The van der Waals surface area contributed by atoms with Crippen LogP contribution in [0.1, 0.15) is 11.3 Å². The minimum absolute atomic E-state index is 0.0161. The largest absolute Gasteiger partial charge is 0.432 e. The second-order valence-corrected chi connectivity index (χ2v) is 6.41. The molecule has 0 spiro atoms. The van der Waals surface area contributed by atoms with Crippen molar-refractivity contribution in [3.63, 3.8) is 0 Å². The highest BCUT2D eigenvalue weighted by molar-refractivity contribution is 7.16. The van der Waals surface area contributed by atoms with Crippen molar-refractivity contribution in [3.05, 3.63) is 47.2 Å². The van der Waals surface area contributed by atoms with Crippen molar-refractivity contribution in [1.82, 2.24) is 30.0 Å². The Labute approximate surface area is 153 Å². The van der Waals surface area contributed by atoms with Gasteiger partial charge in [0, 0.05) is 10.9 Å². The first-order chi connectivity index (χ1) is 12.9. The van der Waals surface area contributed by atoms with Gasteiger partial charge in [0.1, 0.15) is 16.9 Å². The van der Waals surface area contributed by atoms with Crippen LogP contribution in [0.25, 0.3) is 16.2 Å². The molecule has 138 valence electrons. The van der Waals surface area contributed by atoms with Gasteiger partial charge in [-0.2, -0.15) is 18.4 Å². The molecule has 0 aliphatic rings. The molecule has 8 nitrogen and oxygen atoms in total. The fourth-order valence-corrected chi connectivity index (χ4v) is 3.49. The second-order valence-electron chi connectivity index (χ2n) is 5.55. The number of benzene rings is 1. The number of tetrazole rings is 1. The van der Waals surface area contributed by atoms with Crippen molar-refractivity contribution in [2.75, 3.05) is 5.32 Å². The maximum absolute atomic E-state index is 12.9. The number of carbonyl (C=O) groups is 1. The van der Waals surface area contributed by atoms with Gasteiger partial charge in [-0.25, -0.2) is 4.98 Å². The zero-order chi connectivity index (χ0) is 19.0. The van der Waals surface area contributed by atoms with E-state index in [1.165, 1.54) is 0 Å². The monoisotopic (exact) mass is 393 g/mol. The minimum atomic E-state index is -4.49. The summed E-state index contributed by atoms with van der Waals surface area (Å²) in [5.74, 6) is 0.0870. The summed E-state index contributed by atoms with van der Waals surface area (Å²) in [5.41, 5.74) is 0.544. The maximum Gasteiger partial charge on any atom is 0.432 e. The lowest BCUT2D eigenvalue weighted by atomic mass is 10.1. The van der Waals surface area contributed by atoms with Gasteiger partial charge in [-0.05, 0) is 16.8 Å². The lowest BCUT2D eigenvalue weighted by Crippen LogP contribution is -2.14. The number of nitrogens with one attached hydrogen (secondary N) is 2. The van der Waals surface area contributed by atoms with Crippen LogP contribution in [0.5, 0.6) is 0 Å². The highest BCUT2D eigenvalue weighted by Crippen LogP contribution is 2.34. The number of alkyl halides is 3. The average Bonchev–Trinajstić information content (AvgIpc) is 3.33. The number of halogens is 3. The zero-order valence-electron chi connectivity index (χ0n) is 13.4. The van der Waals surface area contributed by atoms with E-state index in [0.717, 1.165) is 27.4 Å². The quantitative estimate of drug-likeness (QED) is 0.555. The predicted octanol–water partition coefficient (Wildman–Crippen LogP) is 2.78. The number of anilines is 1. The third-order valence-corrected chi connectivity index (χ3v) is 4.66. The predicted molar refractivity (Wildman–Crippen MR) is 90.0 cm³/mol. The van der Waals surface area contributed by atoms with E-state index in [2.05, 4.69) is 30.9 Å². The van der Waals surface area contributed by atoms with Crippen molar-refractivity contribution in [3.8, 4) is 11.4 Å². The topological polar surface area (TPSA) is 101 Å². The Bertz CT molecular complexity index is 1100. The first-order valence-corrected chi connectivity index (χ1v) is 8.44. The van der Waals surface area contributed by atoms with Gasteiger partial charge in [0.2, 0.25) is 11.7 Å². The number of nitrogens with zero attached hydrogens (tertiary/aromatic N) is 5.